The lowest BCUT2D eigenvalue weighted by Crippen LogP contribution is -2.26. The van der Waals surface area contributed by atoms with E-state index in [0.29, 0.717) is 12.3 Å². The van der Waals surface area contributed by atoms with Gasteiger partial charge >= 0.3 is 0 Å². The Morgan fingerprint density at radius 1 is 1.53 bits per heavy atom. The number of ether oxygens (including phenoxy) is 1. The van der Waals surface area contributed by atoms with E-state index in [1.807, 2.05) is 0 Å². The van der Waals surface area contributed by atoms with Crippen LogP contribution in [-0.4, -0.2) is 12.6 Å². The summed E-state index contributed by atoms with van der Waals surface area (Å²) in [5, 5.41) is 0.0992. The molecule has 1 unspecified atom stereocenters. The average molecular weight is 232 g/mol. The van der Waals surface area contributed by atoms with Gasteiger partial charge in [0.05, 0.1) is 5.02 Å². The van der Waals surface area contributed by atoms with Crippen LogP contribution in [0.5, 0.6) is 5.75 Å². The lowest BCUT2D eigenvalue weighted by atomic mass is 10.2. The quantitative estimate of drug-likeness (QED) is 0.846. The van der Waals surface area contributed by atoms with Gasteiger partial charge in [-0.3, -0.25) is 0 Å². The van der Waals surface area contributed by atoms with Crippen LogP contribution in [-0.2, 0) is 0 Å². The molecule has 0 aliphatic carbocycles. The highest BCUT2D eigenvalue weighted by atomic mass is 35.5. The van der Waals surface area contributed by atoms with Gasteiger partial charge in [0, 0.05) is 12.6 Å². The summed E-state index contributed by atoms with van der Waals surface area (Å²) in [6.07, 6.45) is 1.79. The van der Waals surface area contributed by atoms with Gasteiger partial charge in [-0.05, 0) is 18.6 Å². The van der Waals surface area contributed by atoms with E-state index >= 15 is 0 Å². The van der Waals surface area contributed by atoms with Crippen molar-refractivity contribution in [2.24, 2.45) is 5.73 Å². The van der Waals surface area contributed by atoms with Crippen molar-refractivity contribution < 1.29 is 9.13 Å². The molecule has 84 valence electrons. The van der Waals surface area contributed by atoms with Gasteiger partial charge in [0.15, 0.2) is 0 Å². The zero-order valence-electron chi connectivity index (χ0n) is 8.67. The van der Waals surface area contributed by atoms with Crippen LogP contribution in [0.4, 0.5) is 4.39 Å². The van der Waals surface area contributed by atoms with Crippen LogP contribution < -0.4 is 10.5 Å². The SMILES string of the molecule is CCCC(CN)Oc1ccc(Cl)c(F)c1. The predicted octanol–water partition coefficient (Wildman–Crippen LogP) is 2.99. The first-order valence-corrected chi connectivity index (χ1v) is 5.37. The lowest BCUT2D eigenvalue weighted by Gasteiger charge is -2.16. The first-order chi connectivity index (χ1) is 7.17. The number of hydrogen-bond acceptors (Lipinski definition) is 2. The Kier molecular flexibility index (Phi) is 4.85. The van der Waals surface area contributed by atoms with Crippen molar-refractivity contribution in [1.29, 1.82) is 0 Å². The Balaban J connectivity index is 2.66. The molecule has 0 fully saturated rings. The van der Waals surface area contributed by atoms with Crippen LogP contribution in [0.1, 0.15) is 19.8 Å². The zero-order valence-corrected chi connectivity index (χ0v) is 9.43. The van der Waals surface area contributed by atoms with Gasteiger partial charge in [-0.2, -0.15) is 0 Å². The molecule has 0 aliphatic rings. The molecule has 0 spiro atoms. The molecular formula is C11H15ClFNO. The number of nitrogens with two attached hydrogens (primary N) is 1. The van der Waals surface area contributed by atoms with Gasteiger partial charge in [0.1, 0.15) is 17.7 Å². The molecule has 0 aromatic heterocycles. The van der Waals surface area contributed by atoms with Gasteiger partial charge in [-0.1, -0.05) is 24.9 Å². The molecule has 0 aliphatic heterocycles. The fraction of sp³-hybridized carbons (Fsp3) is 0.455. The number of benzene rings is 1. The van der Waals surface area contributed by atoms with E-state index in [0.717, 1.165) is 12.8 Å². The van der Waals surface area contributed by atoms with E-state index in [1.54, 1.807) is 6.07 Å². The first-order valence-electron chi connectivity index (χ1n) is 4.99. The first kappa shape index (κ1) is 12.3. The van der Waals surface area contributed by atoms with Crippen LogP contribution in [0.3, 0.4) is 0 Å². The van der Waals surface area contributed by atoms with E-state index in [2.05, 4.69) is 6.92 Å². The predicted molar refractivity (Wildman–Crippen MR) is 59.8 cm³/mol. The molecule has 15 heavy (non-hydrogen) atoms. The van der Waals surface area contributed by atoms with Crippen molar-refractivity contribution in [1.82, 2.24) is 0 Å². The van der Waals surface area contributed by atoms with Crippen LogP contribution >= 0.6 is 11.6 Å². The Hall–Kier alpha value is -0.800. The summed E-state index contributed by atoms with van der Waals surface area (Å²) in [6.45, 7) is 2.48. The molecule has 0 bridgehead atoms. The van der Waals surface area contributed by atoms with Crippen LogP contribution in [0.2, 0.25) is 5.02 Å². The normalized spacial score (nSPS) is 12.5. The van der Waals surface area contributed by atoms with Crippen molar-refractivity contribution in [3.05, 3.63) is 29.0 Å². The molecule has 2 N–H and O–H groups in total. The monoisotopic (exact) mass is 231 g/mol. The Morgan fingerprint density at radius 3 is 2.80 bits per heavy atom. The van der Waals surface area contributed by atoms with Crippen molar-refractivity contribution in [2.45, 2.75) is 25.9 Å². The average Bonchev–Trinajstić information content (AvgIpc) is 2.23. The highest BCUT2D eigenvalue weighted by molar-refractivity contribution is 6.30. The van der Waals surface area contributed by atoms with Crippen molar-refractivity contribution in [3.8, 4) is 5.75 Å². The molecular weight excluding hydrogens is 217 g/mol. The highest BCUT2D eigenvalue weighted by Gasteiger charge is 2.08. The third-order valence-corrected chi connectivity index (χ3v) is 2.37. The minimum Gasteiger partial charge on any atom is -0.489 e. The second kappa shape index (κ2) is 5.93. The molecule has 1 aromatic rings. The minimum atomic E-state index is -0.471. The molecule has 0 heterocycles. The molecule has 2 nitrogen and oxygen atoms in total. The number of hydrogen-bond donors (Lipinski definition) is 1. The van der Waals surface area contributed by atoms with E-state index in [9.17, 15) is 4.39 Å². The van der Waals surface area contributed by atoms with Crippen molar-refractivity contribution in [2.75, 3.05) is 6.54 Å². The maximum Gasteiger partial charge on any atom is 0.145 e. The molecule has 0 saturated carbocycles. The van der Waals surface area contributed by atoms with Gasteiger partial charge in [0.25, 0.3) is 0 Å². The van der Waals surface area contributed by atoms with Crippen LogP contribution in [0.15, 0.2) is 18.2 Å². The smallest absolute Gasteiger partial charge is 0.145 e. The molecule has 0 saturated heterocycles. The molecule has 4 heteroatoms. The van der Waals surface area contributed by atoms with E-state index in [1.165, 1.54) is 12.1 Å². The topological polar surface area (TPSA) is 35.2 Å². The summed E-state index contributed by atoms with van der Waals surface area (Å²) >= 11 is 5.56. The maximum atomic E-state index is 13.1. The fourth-order valence-corrected chi connectivity index (χ4v) is 1.41. The summed E-state index contributed by atoms with van der Waals surface area (Å²) in [4.78, 5) is 0. The largest absolute Gasteiger partial charge is 0.489 e. The van der Waals surface area contributed by atoms with Crippen molar-refractivity contribution in [3.63, 3.8) is 0 Å². The van der Waals surface area contributed by atoms with Crippen LogP contribution in [0.25, 0.3) is 0 Å². The second-order valence-corrected chi connectivity index (χ2v) is 3.75. The second-order valence-electron chi connectivity index (χ2n) is 3.34. The standard InChI is InChI=1S/C11H15ClFNO/c1-2-3-9(7-14)15-8-4-5-10(12)11(13)6-8/h4-6,9H,2-3,7,14H2,1H3. The summed E-state index contributed by atoms with van der Waals surface area (Å²) in [7, 11) is 0. The zero-order chi connectivity index (χ0) is 11.3. The summed E-state index contributed by atoms with van der Waals surface area (Å²) in [5.74, 6) is 0.00207. The fourth-order valence-electron chi connectivity index (χ4n) is 1.29. The Morgan fingerprint density at radius 2 is 2.27 bits per heavy atom. The molecule has 0 amide bonds. The minimum absolute atomic E-state index is 0.0597. The summed E-state index contributed by atoms with van der Waals surface area (Å²) in [5.41, 5.74) is 5.53. The van der Waals surface area contributed by atoms with Crippen molar-refractivity contribution >= 4 is 11.6 Å². The maximum absolute atomic E-state index is 13.1. The van der Waals surface area contributed by atoms with Gasteiger partial charge < -0.3 is 10.5 Å². The van der Waals surface area contributed by atoms with E-state index < -0.39 is 5.82 Å². The third-order valence-electron chi connectivity index (χ3n) is 2.07. The number of rotatable bonds is 5. The van der Waals surface area contributed by atoms with E-state index in [4.69, 9.17) is 22.1 Å². The summed E-state index contributed by atoms with van der Waals surface area (Å²) in [6, 6.07) is 4.40. The molecule has 1 atom stereocenters. The number of halogens is 2. The van der Waals surface area contributed by atoms with Gasteiger partial charge in [-0.25, -0.2) is 4.39 Å². The molecule has 0 radical (unpaired) electrons. The Labute approximate surface area is 94.2 Å². The third kappa shape index (κ3) is 3.68. The molecule has 1 aromatic carbocycles. The Bertz CT molecular complexity index is 319. The van der Waals surface area contributed by atoms with Crippen LogP contribution in [0, 0.1) is 5.82 Å². The summed E-state index contributed by atoms with van der Waals surface area (Å²) < 4.78 is 18.6. The highest BCUT2D eigenvalue weighted by Crippen LogP contribution is 2.21. The molecule has 1 rings (SSSR count). The lowest BCUT2D eigenvalue weighted by molar-refractivity contribution is 0.197. The van der Waals surface area contributed by atoms with Gasteiger partial charge in [0.2, 0.25) is 0 Å². The van der Waals surface area contributed by atoms with E-state index in [-0.39, 0.29) is 11.1 Å². The van der Waals surface area contributed by atoms with Gasteiger partial charge in [-0.15, -0.1) is 0 Å².